The van der Waals surface area contributed by atoms with E-state index in [0.29, 0.717) is 24.3 Å². The molecular weight excluding hydrogens is 244 g/mol. The summed E-state index contributed by atoms with van der Waals surface area (Å²) in [5.41, 5.74) is 5.56. The number of hydrogen-bond donors (Lipinski definition) is 3. The van der Waals surface area contributed by atoms with Gasteiger partial charge in [-0.3, -0.25) is 9.59 Å². The number of anilines is 1. The number of pyridine rings is 1. The largest absolute Gasteiger partial charge is 0.369 e. The zero-order valence-corrected chi connectivity index (χ0v) is 11.3. The molecule has 1 heterocycles. The van der Waals surface area contributed by atoms with Gasteiger partial charge in [0.15, 0.2) is 0 Å². The van der Waals surface area contributed by atoms with Gasteiger partial charge in [-0.05, 0) is 25.5 Å². The van der Waals surface area contributed by atoms with Crippen molar-refractivity contribution in [3.8, 4) is 0 Å². The van der Waals surface area contributed by atoms with Crippen LogP contribution in [0.15, 0.2) is 18.3 Å². The summed E-state index contributed by atoms with van der Waals surface area (Å²) in [7, 11) is 0. The van der Waals surface area contributed by atoms with E-state index in [4.69, 9.17) is 5.73 Å². The molecule has 0 saturated carbocycles. The molecule has 2 amide bonds. The number of hydrogen-bond acceptors (Lipinski definition) is 4. The van der Waals surface area contributed by atoms with Crippen LogP contribution in [0.3, 0.4) is 0 Å². The van der Waals surface area contributed by atoms with Crippen LogP contribution in [-0.4, -0.2) is 29.4 Å². The van der Waals surface area contributed by atoms with E-state index in [-0.39, 0.29) is 11.9 Å². The summed E-state index contributed by atoms with van der Waals surface area (Å²) < 4.78 is 0. The Labute approximate surface area is 112 Å². The first-order chi connectivity index (χ1) is 9.04. The van der Waals surface area contributed by atoms with Gasteiger partial charge in [-0.25, -0.2) is 4.98 Å². The number of aromatic nitrogens is 1. The Hall–Kier alpha value is -2.11. The van der Waals surface area contributed by atoms with Crippen molar-refractivity contribution in [3.63, 3.8) is 0 Å². The summed E-state index contributed by atoms with van der Waals surface area (Å²) in [6.07, 6.45) is 2.78. The van der Waals surface area contributed by atoms with Gasteiger partial charge in [-0.2, -0.15) is 0 Å². The average molecular weight is 264 g/mol. The van der Waals surface area contributed by atoms with E-state index >= 15 is 0 Å². The number of nitrogens with zero attached hydrogens (tertiary/aromatic N) is 1. The van der Waals surface area contributed by atoms with Gasteiger partial charge in [0.1, 0.15) is 5.82 Å². The number of carbonyl (C=O) groups excluding carboxylic acids is 2. The van der Waals surface area contributed by atoms with Gasteiger partial charge in [-0.15, -0.1) is 0 Å². The van der Waals surface area contributed by atoms with Crippen LogP contribution in [-0.2, 0) is 4.79 Å². The Morgan fingerprint density at radius 3 is 2.84 bits per heavy atom. The van der Waals surface area contributed by atoms with Crippen molar-refractivity contribution in [2.75, 3.05) is 11.9 Å². The van der Waals surface area contributed by atoms with Crippen LogP contribution in [0, 0.1) is 0 Å². The number of rotatable bonds is 7. The van der Waals surface area contributed by atoms with Crippen LogP contribution in [0.25, 0.3) is 0 Å². The molecule has 0 saturated heterocycles. The van der Waals surface area contributed by atoms with Gasteiger partial charge in [0, 0.05) is 25.2 Å². The predicted molar refractivity (Wildman–Crippen MR) is 73.8 cm³/mol. The lowest BCUT2D eigenvalue weighted by Crippen LogP contribution is -2.33. The highest BCUT2D eigenvalue weighted by molar-refractivity contribution is 5.97. The fourth-order valence-corrected chi connectivity index (χ4v) is 1.49. The second-order valence-corrected chi connectivity index (χ2v) is 4.32. The summed E-state index contributed by atoms with van der Waals surface area (Å²) in [5, 5.41) is 5.81. The molecule has 19 heavy (non-hydrogen) atoms. The average Bonchev–Trinajstić information content (AvgIpc) is 2.38. The maximum atomic E-state index is 11.6. The fraction of sp³-hybridized carbons (Fsp3) is 0.462. The molecule has 104 valence electrons. The van der Waals surface area contributed by atoms with E-state index < -0.39 is 5.91 Å². The SMILES string of the molecule is CCC(C)NC(=O)CCNc1ncccc1C(N)=O. The predicted octanol–water partition coefficient (Wildman–Crippen LogP) is 0.897. The zero-order valence-electron chi connectivity index (χ0n) is 11.3. The van der Waals surface area contributed by atoms with Crippen LogP contribution in [0.5, 0.6) is 0 Å². The lowest BCUT2D eigenvalue weighted by Gasteiger charge is -2.12. The summed E-state index contributed by atoms with van der Waals surface area (Å²) in [6.45, 7) is 4.37. The molecule has 1 rings (SSSR count). The molecular formula is C13H20N4O2. The number of primary amides is 1. The quantitative estimate of drug-likeness (QED) is 0.681. The van der Waals surface area contributed by atoms with Crippen molar-refractivity contribution >= 4 is 17.6 Å². The van der Waals surface area contributed by atoms with Gasteiger partial charge in [0.2, 0.25) is 5.91 Å². The highest BCUT2D eigenvalue weighted by atomic mass is 16.2. The van der Waals surface area contributed by atoms with Crippen LogP contribution in [0.2, 0.25) is 0 Å². The Balaban J connectivity index is 2.45. The second-order valence-electron chi connectivity index (χ2n) is 4.32. The van der Waals surface area contributed by atoms with Crippen molar-refractivity contribution in [3.05, 3.63) is 23.9 Å². The van der Waals surface area contributed by atoms with Crippen molar-refractivity contribution in [2.24, 2.45) is 5.73 Å². The Kier molecular flexibility index (Phi) is 5.78. The molecule has 4 N–H and O–H groups in total. The second kappa shape index (κ2) is 7.35. The van der Waals surface area contributed by atoms with Gasteiger partial charge in [0.25, 0.3) is 5.91 Å². The lowest BCUT2D eigenvalue weighted by atomic mass is 10.2. The lowest BCUT2D eigenvalue weighted by molar-refractivity contribution is -0.121. The van der Waals surface area contributed by atoms with E-state index in [1.54, 1.807) is 18.3 Å². The maximum absolute atomic E-state index is 11.6. The van der Waals surface area contributed by atoms with Crippen molar-refractivity contribution in [1.29, 1.82) is 0 Å². The monoisotopic (exact) mass is 264 g/mol. The minimum absolute atomic E-state index is 0.0293. The van der Waals surface area contributed by atoms with Gasteiger partial charge in [0.05, 0.1) is 5.56 Å². The van der Waals surface area contributed by atoms with Gasteiger partial charge in [-0.1, -0.05) is 6.92 Å². The molecule has 0 aliphatic heterocycles. The molecule has 0 spiro atoms. The molecule has 1 aromatic heterocycles. The standard InChI is InChI=1S/C13H20N4O2/c1-3-9(2)17-11(18)6-8-16-13-10(12(14)19)5-4-7-15-13/h4-5,7,9H,3,6,8H2,1-2H3,(H2,14,19)(H,15,16)(H,17,18). The summed E-state index contributed by atoms with van der Waals surface area (Å²) in [5.74, 6) is -0.163. The number of nitrogens with two attached hydrogens (primary N) is 1. The van der Waals surface area contributed by atoms with Gasteiger partial charge >= 0.3 is 0 Å². The Morgan fingerprint density at radius 1 is 1.47 bits per heavy atom. The molecule has 0 aliphatic carbocycles. The minimum Gasteiger partial charge on any atom is -0.369 e. The third-order valence-corrected chi connectivity index (χ3v) is 2.74. The molecule has 1 aromatic rings. The molecule has 6 heteroatoms. The molecule has 6 nitrogen and oxygen atoms in total. The topological polar surface area (TPSA) is 97.1 Å². The maximum Gasteiger partial charge on any atom is 0.252 e. The van der Waals surface area contributed by atoms with Gasteiger partial charge < -0.3 is 16.4 Å². The summed E-state index contributed by atoms with van der Waals surface area (Å²) in [6, 6.07) is 3.40. The van der Waals surface area contributed by atoms with Crippen LogP contribution in [0.4, 0.5) is 5.82 Å². The molecule has 0 aliphatic rings. The number of amides is 2. The normalized spacial score (nSPS) is 11.7. The number of carbonyl (C=O) groups is 2. The Bertz CT molecular complexity index is 448. The third kappa shape index (κ3) is 4.95. The molecule has 0 bridgehead atoms. The van der Waals surface area contributed by atoms with E-state index in [1.165, 1.54) is 0 Å². The van der Waals surface area contributed by atoms with Crippen molar-refractivity contribution in [2.45, 2.75) is 32.7 Å². The smallest absolute Gasteiger partial charge is 0.252 e. The molecule has 0 aromatic carbocycles. The molecule has 0 radical (unpaired) electrons. The molecule has 0 fully saturated rings. The summed E-state index contributed by atoms with van der Waals surface area (Å²) >= 11 is 0. The van der Waals surface area contributed by atoms with E-state index in [1.807, 2.05) is 13.8 Å². The first-order valence-corrected chi connectivity index (χ1v) is 6.32. The fourth-order valence-electron chi connectivity index (χ4n) is 1.49. The first kappa shape index (κ1) is 14.9. The minimum atomic E-state index is -0.542. The van der Waals surface area contributed by atoms with Crippen molar-refractivity contribution < 1.29 is 9.59 Å². The van der Waals surface area contributed by atoms with E-state index in [9.17, 15) is 9.59 Å². The highest BCUT2D eigenvalue weighted by Crippen LogP contribution is 2.10. The van der Waals surface area contributed by atoms with E-state index in [2.05, 4.69) is 15.6 Å². The van der Waals surface area contributed by atoms with Crippen LogP contribution >= 0.6 is 0 Å². The van der Waals surface area contributed by atoms with Crippen LogP contribution in [0.1, 0.15) is 37.0 Å². The zero-order chi connectivity index (χ0) is 14.3. The third-order valence-electron chi connectivity index (χ3n) is 2.74. The molecule has 1 atom stereocenters. The van der Waals surface area contributed by atoms with Crippen LogP contribution < -0.4 is 16.4 Å². The highest BCUT2D eigenvalue weighted by Gasteiger charge is 2.09. The number of nitrogens with one attached hydrogen (secondary N) is 2. The first-order valence-electron chi connectivity index (χ1n) is 6.32. The summed E-state index contributed by atoms with van der Waals surface area (Å²) in [4.78, 5) is 26.8. The van der Waals surface area contributed by atoms with E-state index in [0.717, 1.165) is 6.42 Å². The molecule has 1 unspecified atom stereocenters. The van der Waals surface area contributed by atoms with Crippen molar-refractivity contribution in [1.82, 2.24) is 10.3 Å². The Morgan fingerprint density at radius 2 is 2.21 bits per heavy atom.